The molecule has 0 aliphatic heterocycles. The predicted octanol–water partition coefficient (Wildman–Crippen LogP) is 0.878. The highest BCUT2D eigenvalue weighted by atomic mass is 16.4. The van der Waals surface area contributed by atoms with Crippen molar-refractivity contribution in [2.24, 2.45) is 5.73 Å². The quantitative estimate of drug-likeness (QED) is 0.799. The molecule has 2 atom stereocenters. The highest BCUT2D eigenvalue weighted by molar-refractivity contribution is 5.86. The summed E-state index contributed by atoms with van der Waals surface area (Å²) in [4.78, 5) is 24.3. The Bertz CT molecular complexity index is 434. The van der Waals surface area contributed by atoms with E-state index in [0.717, 1.165) is 5.56 Å². The van der Waals surface area contributed by atoms with E-state index in [4.69, 9.17) is 10.8 Å². The first-order chi connectivity index (χ1) is 8.97. The molecule has 0 spiro atoms. The third-order valence-electron chi connectivity index (χ3n) is 3.10. The largest absolute Gasteiger partial charge is 0.480 e. The minimum atomic E-state index is -1.01. The Morgan fingerprint density at radius 1 is 1.32 bits per heavy atom. The van der Waals surface area contributed by atoms with Crippen LogP contribution in [0.15, 0.2) is 30.3 Å². The van der Waals surface area contributed by atoms with Crippen LogP contribution in [0.5, 0.6) is 0 Å². The fourth-order valence-corrected chi connectivity index (χ4v) is 1.98. The molecular formula is C14H20N2O3. The molecule has 0 heterocycles. The van der Waals surface area contributed by atoms with Crippen molar-refractivity contribution in [3.63, 3.8) is 0 Å². The number of rotatable bonds is 6. The summed E-state index contributed by atoms with van der Waals surface area (Å²) in [5, 5.41) is 9.03. The van der Waals surface area contributed by atoms with Gasteiger partial charge in [-0.15, -0.1) is 0 Å². The number of nitrogens with zero attached hydrogens (tertiary/aromatic N) is 1. The molecule has 0 saturated carbocycles. The number of carboxylic acids is 1. The molecule has 3 N–H and O–H groups in total. The van der Waals surface area contributed by atoms with Crippen LogP contribution in [-0.2, 0) is 16.0 Å². The summed E-state index contributed by atoms with van der Waals surface area (Å²) >= 11 is 0. The number of nitrogens with two attached hydrogens (primary N) is 1. The second-order valence-corrected chi connectivity index (χ2v) is 4.51. The van der Waals surface area contributed by atoms with Crippen molar-refractivity contribution in [3.05, 3.63) is 35.9 Å². The molecule has 19 heavy (non-hydrogen) atoms. The maximum atomic E-state index is 12.1. The van der Waals surface area contributed by atoms with E-state index in [1.54, 1.807) is 6.92 Å². The van der Waals surface area contributed by atoms with Gasteiger partial charge >= 0.3 is 5.97 Å². The number of benzene rings is 1. The Hall–Kier alpha value is -1.88. The molecule has 0 bridgehead atoms. The van der Waals surface area contributed by atoms with Gasteiger partial charge in [-0.05, 0) is 18.4 Å². The average molecular weight is 264 g/mol. The summed E-state index contributed by atoms with van der Waals surface area (Å²) in [6.45, 7) is 1.73. The molecule has 5 heteroatoms. The smallest absolute Gasteiger partial charge is 0.326 e. The van der Waals surface area contributed by atoms with Crippen LogP contribution in [0.2, 0.25) is 0 Å². The van der Waals surface area contributed by atoms with Crippen LogP contribution in [-0.4, -0.2) is 41.0 Å². The van der Waals surface area contributed by atoms with Crippen molar-refractivity contribution >= 4 is 11.9 Å². The second kappa shape index (κ2) is 6.89. The zero-order chi connectivity index (χ0) is 14.4. The number of carbonyl (C=O) groups excluding carboxylic acids is 1. The first-order valence-corrected chi connectivity index (χ1v) is 6.26. The zero-order valence-electron chi connectivity index (χ0n) is 11.2. The van der Waals surface area contributed by atoms with Crippen molar-refractivity contribution in [2.75, 3.05) is 7.05 Å². The summed E-state index contributed by atoms with van der Waals surface area (Å²) < 4.78 is 0. The monoisotopic (exact) mass is 264 g/mol. The van der Waals surface area contributed by atoms with Gasteiger partial charge in [0.25, 0.3) is 0 Å². The minimum absolute atomic E-state index is 0.349. The van der Waals surface area contributed by atoms with Gasteiger partial charge in [-0.25, -0.2) is 4.79 Å². The molecule has 0 aliphatic carbocycles. The van der Waals surface area contributed by atoms with Gasteiger partial charge in [0.05, 0.1) is 6.04 Å². The van der Waals surface area contributed by atoms with Gasteiger partial charge in [0, 0.05) is 7.05 Å². The molecule has 0 aliphatic rings. The van der Waals surface area contributed by atoms with Crippen LogP contribution < -0.4 is 5.73 Å². The molecule has 1 amide bonds. The van der Waals surface area contributed by atoms with Crippen molar-refractivity contribution < 1.29 is 14.7 Å². The maximum absolute atomic E-state index is 12.1. The van der Waals surface area contributed by atoms with Crippen LogP contribution >= 0.6 is 0 Å². The number of carboxylic acid groups (broad SMARTS) is 1. The fraction of sp³-hybridized carbons (Fsp3) is 0.429. The summed E-state index contributed by atoms with van der Waals surface area (Å²) in [5.41, 5.74) is 6.82. The molecule has 1 aromatic rings. The molecule has 1 aromatic carbocycles. The van der Waals surface area contributed by atoms with Gasteiger partial charge in [0.2, 0.25) is 5.91 Å². The SMILES string of the molecule is CCC(C(=O)O)N(C)C(=O)C(N)Cc1ccccc1. The van der Waals surface area contributed by atoms with E-state index in [0.29, 0.717) is 12.8 Å². The Morgan fingerprint density at radius 2 is 1.89 bits per heavy atom. The lowest BCUT2D eigenvalue weighted by molar-refractivity contribution is -0.149. The average Bonchev–Trinajstić information content (AvgIpc) is 2.39. The molecule has 5 nitrogen and oxygen atoms in total. The van der Waals surface area contributed by atoms with Gasteiger partial charge in [-0.2, -0.15) is 0 Å². The second-order valence-electron chi connectivity index (χ2n) is 4.51. The van der Waals surface area contributed by atoms with E-state index >= 15 is 0 Å². The first kappa shape index (κ1) is 15.2. The molecule has 1 rings (SSSR count). The van der Waals surface area contributed by atoms with E-state index in [1.807, 2.05) is 30.3 Å². The lowest BCUT2D eigenvalue weighted by atomic mass is 10.0. The van der Waals surface area contributed by atoms with E-state index in [1.165, 1.54) is 11.9 Å². The standard InChI is InChI=1S/C14H20N2O3/c1-3-12(14(18)19)16(2)13(17)11(15)9-10-7-5-4-6-8-10/h4-8,11-12H,3,9,15H2,1-2H3,(H,18,19). The van der Waals surface area contributed by atoms with Gasteiger partial charge in [0.15, 0.2) is 0 Å². The summed E-state index contributed by atoms with van der Waals surface area (Å²) in [6.07, 6.45) is 0.760. The Kier molecular flexibility index (Phi) is 5.51. The van der Waals surface area contributed by atoms with Gasteiger partial charge < -0.3 is 15.7 Å². The lowest BCUT2D eigenvalue weighted by Gasteiger charge is -2.26. The highest BCUT2D eigenvalue weighted by Gasteiger charge is 2.28. The normalized spacial score (nSPS) is 13.6. The Morgan fingerprint density at radius 3 is 2.37 bits per heavy atom. The van der Waals surface area contributed by atoms with E-state index in [-0.39, 0.29) is 5.91 Å². The van der Waals surface area contributed by atoms with Crippen LogP contribution in [0, 0.1) is 0 Å². The van der Waals surface area contributed by atoms with Gasteiger partial charge in [0.1, 0.15) is 6.04 Å². The number of carbonyl (C=O) groups is 2. The molecule has 0 fully saturated rings. The third kappa shape index (κ3) is 4.06. The van der Waals surface area contributed by atoms with Crippen molar-refractivity contribution in [3.8, 4) is 0 Å². The summed E-state index contributed by atoms with van der Waals surface area (Å²) in [6, 6.07) is 7.88. The summed E-state index contributed by atoms with van der Waals surface area (Å²) in [5.74, 6) is -1.36. The molecule has 0 saturated heterocycles. The van der Waals surface area contributed by atoms with Crippen LogP contribution in [0.25, 0.3) is 0 Å². The summed E-state index contributed by atoms with van der Waals surface area (Å²) in [7, 11) is 1.48. The fourth-order valence-electron chi connectivity index (χ4n) is 1.98. The number of amides is 1. The number of hydrogen-bond acceptors (Lipinski definition) is 3. The Balaban J connectivity index is 2.68. The molecule has 0 radical (unpaired) electrons. The van der Waals surface area contributed by atoms with Crippen LogP contribution in [0.4, 0.5) is 0 Å². The molecule has 0 aromatic heterocycles. The highest BCUT2D eigenvalue weighted by Crippen LogP contribution is 2.08. The van der Waals surface area contributed by atoms with E-state index in [9.17, 15) is 9.59 Å². The minimum Gasteiger partial charge on any atom is -0.480 e. The van der Waals surface area contributed by atoms with Gasteiger partial charge in [-0.3, -0.25) is 4.79 Å². The predicted molar refractivity (Wildman–Crippen MR) is 72.6 cm³/mol. The van der Waals surface area contributed by atoms with Crippen LogP contribution in [0.1, 0.15) is 18.9 Å². The topological polar surface area (TPSA) is 83.6 Å². The zero-order valence-corrected chi connectivity index (χ0v) is 11.2. The molecule has 104 valence electrons. The molecule has 2 unspecified atom stereocenters. The number of aliphatic carboxylic acids is 1. The van der Waals surface area contributed by atoms with Crippen LogP contribution in [0.3, 0.4) is 0 Å². The van der Waals surface area contributed by atoms with E-state index < -0.39 is 18.1 Å². The van der Waals surface area contributed by atoms with Crippen molar-refractivity contribution in [1.82, 2.24) is 4.90 Å². The lowest BCUT2D eigenvalue weighted by Crippen LogP contribution is -2.49. The van der Waals surface area contributed by atoms with Crippen molar-refractivity contribution in [1.29, 1.82) is 0 Å². The maximum Gasteiger partial charge on any atom is 0.326 e. The first-order valence-electron chi connectivity index (χ1n) is 6.26. The van der Waals surface area contributed by atoms with Crippen molar-refractivity contribution in [2.45, 2.75) is 31.8 Å². The third-order valence-corrected chi connectivity index (χ3v) is 3.10. The Labute approximate surface area is 113 Å². The number of likely N-dealkylation sites (N-methyl/N-ethyl adjacent to an activating group) is 1. The molecular weight excluding hydrogens is 244 g/mol. The van der Waals surface area contributed by atoms with Gasteiger partial charge in [-0.1, -0.05) is 37.3 Å². The number of hydrogen-bond donors (Lipinski definition) is 2. The van der Waals surface area contributed by atoms with E-state index in [2.05, 4.69) is 0 Å².